The van der Waals surface area contributed by atoms with Gasteiger partial charge >= 0.3 is 5.97 Å². The van der Waals surface area contributed by atoms with Crippen molar-refractivity contribution in [2.75, 3.05) is 11.4 Å². The number of aromatic nitrogens is 2. The molecule has 0 spiro atoms. The Balaban J connectivity index is 2.32. The molecule has 0 radical (unpaired) electrons. The zero-order valence-electron chi connectivity index (χ0n) is 12.3. The van der Waals surface area contributed by atoms with Crippen LogP contribution in [-0.4, -0.2) is 27.4 Å². The number of carboxylic acids is 1. The number of hydrogen-bond donors (Lipinski definition) is 1. The number of carboxylic acid groups (broad SMARTS) is 1. The van der Waals surface area contributed by atoms with Gasteiger partial charge in [-0.15, -0.1) is 0 Å². The zero-order chi connectivity index (χ0) is 15.6. The van der Waals surface area contributed by atoms with E-state index < -0.39 is 5.97 Å². The molecule has 2 aromatic rings. The van der Waals surface area contributed by atoms with E-state index in [0.29, 0.717) is 11.7 Å². The summed E-state index contributed by atoms with van der Waals surface area (Å²) in [6, 6.07) is 7.75. The summed E-state index contributed by atoms with van der Waals surface area (Å²) in [5.41, 5.74) is 3.64. The SMILES string of the molecule is Cc1ccc(N(CC(=O)O)Cc2c(C)nn(C)c2Cl)cc1. The van der Waals surface area contributed by atoms with Crippen LogP contribution >= 0.6 is 11.6 Å². The molecule has 1 aromatic heterocycles. The van der Waals surface area contributed by atoms with Crippen molar-refractivity contribution in [1.82, 2.24) is 9.78 Å². The van der Waals surface area contributed by atoms with Gasteiger partial charge in [0.15, 0.2) is 0 Å². The zero-order valence-corrected chi connectivity index (χ0v) is 13.1. The summed E-state index contributed by atoms with van der Waals surface area (Å²) in [4.78, 5) is 12.9. The first kappa shape index (κ1) is 15.4. The van der Waals surface area contributed by atoms with Crippen LogP contribution in [0, 0.1) is 13.8 Å². The van der Waals surface area contributed by atoms with Crippen LogP contribution in [0.1, 0.15) is 16.8 Å². The number of aliphatic carboxylic acids is 1. The molecule has 0 fully saturated rings. The largest absolute Gasteiger partial charge is 0.480 e. The van der Waals surface area contributed by atoms with E-state index in [-0.39, 0.29) is 6.54 Å². The van der Waals surface area contributed by atoms with E-state index in [1.54, 1.807) is 16.6 Å². The fourth-order valence-corrected chi connectivity index (χ4v) is 2.44. The smallest absolute Gasteiger partial charge is 0.323 e. The fraction of sp³-hybridized carbons (Fsp3) is 0.333. The molecule has 2 rings (SSSR count). The Kier molecular flexibility index (Phi) is 4.53. The van der Waals surface area contributed by atoms with Gasteiger partial charge in [-0.25, -0.2) is 0 Å². The van der Waals surface area contributed by atoms with Gasteiger partial charge in [0, 0.05) is 24.8 Å². The van der Waals surface area contributed by atoms with E-state index in [0.717, 1.165) is 22.5 Å². The number of aryl methyl sites for hydroxylation is 3. The van der Waals surface area contributed by atoms with Crippen LogP contribution in [0.3, 0.4) is 0 Å². The van der Waals surface area contributed by atoms with Crippen LogP contribution in [0.25, 0.3) is 0 Å². The Morgan fingerprint density at radius 2 is 1.95 bits per heavy atom. The van der Waals surface area contributed by atoms with Crippen LogP contribution in [0.2, 0.25) is 5.15 Å². The van der Waals surface area contributed by atoms with Crippen LogP contribution < -0.4 is 4.90 Å². The van der Waals surface area contributed by atoms with Gasteiger partial charge in [-0.3, -0.25) is 9.48 Å². The van der Waals surface area contributed by atoms with Crippen molar-refractivity contribution >= 4 is 23.3 Å². The summed E-state index contributed by atoms with van der Waals surface area (Å²) in [6.45, 7) is 4.18. The predicted molar refractivity (Wildman–Crippen MR) is 82.8 cm³/mol. The van der Waals surface area contributed by atoms with Crippen LogP contribution in [0.15, 0.2) is 24.3 Å². The summed E-state index contributed by atoms with van der Waals surface area (Å²) < 4.78 is 1.60. The van der Waals surface area contributed by atoms with Crippen LogP contribution in [0.4, 0.5) is 5.69 Å². The third kappa shape index (κ3) is 3.55. The predicted octanol–water partition coefficient (Wildman–Crippen LogP) is 2.78. The quantitative estimate of drug-likeness (QED) is 0.923. The number of carbonyl (C=O) groups is 1. The highest BCUT2D eigenvalue weighted by Gasteiger charge is 2.17. The van der Waals surface area contributed by atoms with Crippen molar-refractivity contribution in [3.63, 3.8) is 0 Å². The number of hydrogen-bond acceptors (Lipinski definition) is 3. The molecule has 1 aromatic carbocycles. The number of anilines is 1. The fourth-order valence-electron chi connectivity index (χ4n) is 2.20. The number of benzene rings is 1. The molecule has 5 nitrogen and oxygen atoms in total. The van der Waals surface area contributed by atoms with Gasteiger partial charge in [0.25, 0.3) is 0 Å². The van der Waals surface area contributed by atoms with Gasteiger partial charge in [0.2, 0.25) is 0 Å². The molecule has 0 unspecified atom stereocenters. The molecule has 112 valence electrons. The maximum atomic E-state index is 11.1. The lowest BCUT2D eigenvalue weighted by Gasteiger charge is -2.23. The molecule has 1 heterocycles. The first-order valence-corrected chi connectivity index (χ1v) is 6.97. The van der Waals surface area contributed by atoms with Gasteiger partial charge in [0.05, 0.1) is 5.69 Å². The molecular weight excluding hydrogens is 290 g/mol. The van der Waals surface area contributed by atoms with E-state index in [4.69, 9.17) is 16.7 Å². The van der Waals surface area contributed by atoms with Gasteiger partial charge in [0.1, 0.15) is 11.7 Å². The van der Waals surface area contributed by atoms with Crippen molar-refractivity contribution in [3.05, 3.63) is 46.2 Å². The van der Waals surface area contributed by atoms with E-state index in [9.17, 15) is 4.79 Å². The highest BCUT2D eigenvalue weighted by Crippen LogP contribution is 2.24. The van der Waals surface area contributed by atoms with Gasteiger partial charge in [-0.2, -0.15) is 5.10 Å². The molecule has 1 N–H and O–H groups in total. The van der Waals surface area contributed by atoms with Gasteiger partial charge < -0.3 is 10.0 Å². The number of nitrogens with zero attached hydrogens (tertiary/aromatic N) is 3. The normalized spacial score (nSPS) is 10.7. The molecule has 0 amide bonds. The average Bonchev–Trinajstić information content (AvgIpc) is 2.65. The maximum Gasteiger partial charge on any atom is 0.323 e. The van der Waals surface area contributed by atoms with Gasteiger partial charge in [-0.05, 0) is 26.0 Å². The Hall–Kier alpha value is -2.01. The van der Waals surface area contributed by atoms with Crippen molar-refractivity contribution in [3.8, 4) is 0 Å². The minimum absolute atomic E-state index is 0.0896. The summed E-state index contributed by atoms with van der Waals surface area (Å²) in [6.07, 6.45) is 0. The Labute approximate surface area is 128 Å². The molecule has 6 heteroatoms. The molecule has 0 saturated carbocycles. The molecule has 0 atom stereocenters. The van der Waals surface area contributed by atoms with E-state index in [2.05, 4.69) is 5.10 Å². The molecule has 0 bridgehead atoms. The summed E-state index contributed by atoms with van der Waals surface area (Å²) >= 11 is 6.23. The second kappa shape index (κ2) is 6.18. The first-order chi connectivity index (χ1) is 9.88. The summed E-state index contributed by atoms with van der Waals surface area (Å²) in [5, 5.41) is 13.9. The van der Waals surface area contributed by atoms with Crippen LogP contribution in [-0.2, 0) is 18.4 Å². The number of halogens is 1. The van der Waals surface area contributed by atoms with E-state index >= 15 is 0 Å². The second-order valence-electron chi connectivity index (χ2n) is 5.06. The molecular formula is C15H18ClN3O2. The van der Waals surface area contributed by atoms with E-state index in [1.807, 2.05) is 38.1 Å². The highest BCUT2D eigenvalue weighted by molar-refractivity contribution is 6.30. The van der Waals surface area contributed by atoms with E-state index in [1.165, 1.54) is 0 Å². The third-order valence-corrected chi connectivity index (χ3v) is 3.82. The summed E-state index contributed by atoms with van der Waals surface area (Å²) in [5.74, 6) is -0.881. The lowest BCUT2D eigenvalue weighted by atomic mass is 10.2. The lowest BCUT2D eigenvalue weighted by molar-refractivity contribution is -0.135. The highest BCUT2D eigenvalue weighted by atomic mass is 35.5. The third-order valence-electron chi connectivity index (χ3n) is 3.34. The molecule has 0 saturated heterocycles. The van der Waals surface area contributed by atoms with Crippen molar-refractivity contribution in [2.24, 2.45) is 7.05 Å². The minimum atomic E-state index is -0.881. The Morgan fingerprint density at radius 3 is 2.43 bits per heavy atom. The minimum Gasteiger partial charge on any atom is -0.480 e. The molecule has 0 aliphatic rings. The van der Waals surface area contributed by atoms with Crippen LogP contribution in [0.5, 0.6) is 0 Å². The van der Waals surface area contributed by atoms with Crippen molar-refractivity contribution < 1.29 is 9.90 Å². The average molecular weight is 308 g/mol. The Morgan fingerprint density at radius 1 is 1.33 bits per heavy atom. The monoisotopic (exact) mass is 307 g/mol. The molecule has 0 aliphatic carbocycles. The second-order valence-corrected chi connectivity index (χ2v) is 5.42. The van der Waals surface area contributed by atoms with Crippen molar-refractivity contribution in [2.45, 2.75) is 20.4 Å². The lowest BCUT2D eigenvalue weighted by Crippen LogP contribution is -2.29. The first-order valence-electron chi connectivity index (χ1n) is 6.60. The number of rotatable bonds is 5. The van der Waals surface area contributed by atoms with Gasteiger partial charge in [-0.1, -0.05) is 29.3 Å². The molecule has 21 heavy (non-hydrogen) atoms. The van der Waals surface area contributed by atoms with Crippen molar-refractivity contribution in [1.29, 1.82) is 0 Å². The standard InChI is InChI=1S/C15H18ClN3O2/c1-10-4-6-12(7-5-10)19(9-14(20)21)8-13-11(2)17-18(3)15(13)16/h4-7H,8-9H2,1-3H3,(H,20,21). The molecule has 0 aliphatic heterocycles. The topological polar surface area (TPSA) is 58.4 Å². The summed E-state index contributed by atoms with van der Waals surface area (Å²) in [7, 11) is 1.77. The maximum absolute atomic E-state index is 11.1. The Bertz CT molecular complexity index is 650.